The van der Waals surface area contributed by atoms with E-state index in [4.69, 9.17) is 5.11 Å². The highest BCUT2D eigenvalue weighted by molar-refractivity contribution is 5.76. The lowest BCUT2D eigenvalue weighted by Crippen LogP contribution is -2.39. The van der Waals surface area contributed by atoms with E-state index >= 15 is 0 Å². The molecule has 0 saturated carbocycles. The Kier molecular flexibility index (Phi) is 4.17. The first-order chi connectivity index (χ1) is 7.44. The largest absolute Gasteiger partial charge is 0.480 e. The molecule has 1 aliphatic heterocycles. The molecular formula is C9H14F2N2O3. The van der Waals surface area contributed by atoms with Crippen molar-refractivity contribution in [2.24, 2.45) is 0 Å². The highest BCUT2D eigenvalue weighted by Gasteiger charge is 2.38. The summed E-state index contributed by atoms with van der Waals surface area (Å²) in [4.78, 5) is 22.2. The van der Waals surface area contributed by atoms with Gasteiger partial charge in [-0.15, -0.1) is 0 Å². The number of likely N-dealkylation sites (tertiary alicyclic amines) is 1. The molecule has 1 atom stereocenters. The van der Waals surface area contributed by atoms with Crippen LogP contribution in [0.5, 0.6) is 0 Å². The van der Waals surface area contributed by atoms with Gasteiger partial charge in [0.2, 0.25) is 6.41 Å². The molecule has 0 spiro atoms. The molecule has 0 bridgehead atoms. The smallest absolute Gasteiger partial charge is 0.326 e. The molecular weight excluding hydrogens is 222 g/mol. The van der Waals surface area contributed by atoms with Crippen LogP contribution in [-0.2, 0) is 9.59 Å². The van der Waals surface area contributed by atoms with Gasteiger partial charge in [0.1, 0.15) is 6.04 Å². The zero-order valence-corrected chi connectivity index (χ0v) is 8.66. The number of carboxylic acids is 1. The van der Waals surface area contributed by atoms with Gasteiger partial charge in [-0.2, -0.15) is 0 Å². The minimum Gasteiger partial charge on any atom is -0.480 e. The average Bonchev–Trinajstić information content (AvgIpc) is 2.52. The van der Waals surface area contributed by atoms with Gasteiger partial charge in [-0.05, 0) is 6.42 Å². The van der Waals surface area contributed by atoms with Crippen molar-refractivity contribution in [3.8, 4) is 0 Å². The van der Waals surface area contributed by atoms with Crippen molar-refractivity contribution < 1.29 is 23.5 Å². The summed E-state index contributed by atoms with van der Waals surface area (Å²) >= 11 is 0. The van der Waals surface area contributed by atoms with Crippen molar-refractivity contribution in [3.63, 3.8) is 0 Å². The number of nitrogens with one attached hydrogen (secondary N) is 1. The third kappa shape index (κ3) is 3.73. The van der Waals surface area contributed by atoms with E-state index in [1.54, 1.807) is 0 Å². The summed E-state index contributed by atoms with van der Waals surface area (Å²) in [5.41, 5.74) is 0. The molecule has 1 fully saturated rings. The predicted octanol–water partition coefficient (Wildman–Crippen LogP) is -0.0833. The topological polar surface area (TPSA) is 69.6 Å². The van der Waals surface area contributed by atoms with Crippen molar-refractivity contribution in [3.05, 3.63) is 0 Å². The molecule has 1 amide bonds. The van der Waals surface area contributed by atoms with E-state index in [0.717, 1.165) is 0 Å². The Morgan fingerprint density at radius 1 is 1.62 bits per heavy atom. The molecule has 16 heavy (non-hydrogen) atoms. The summed E-state index contributed by atoms with van der Waals surface area (Å²) in [5, 5.41) is 10.8. The zero-order chi connectivity index (χ0) is 12.2. The van der Waals surface area contributed by atoms with E-state index in [1.807, 2.05) is 0 Å². The van der Waals surface area contributed by atoms with Crippen LogP contribution in [0.4, 0.5) is 8.78 Å². The van der Waals surface area contributed by atoms with Crippen LogP contribution in [0.15, 0.2) is 0 Å². The van der Waals surface area contributed by atoms with Gasteiger partial charge in [-0.3, -0.25) is 9.69 Å². The number of rotatable bonds is 6. The lowest BCUT2D eigenvalue weighted by molar-refractivity contribution is -0.140. The molecule has 1 rings (SSSR count). The Morgan fingerprint density at radius 2 is 2.31 bits per heavy atom. The molecule has 5 nitrogen and oxygen atoms in total. The maximum absolute atomic E-state index is 12.8. The first-order valence-corrected chi connectivity index (χ1v) is 4.97. The Labute approximate surface area is 91.4 Å². The Hall–Kier alpha value is -1.24. The van der Waals surface area contributed by atoms with Gasteiger partial charge in [-0.25, -0.2) is 13.6 Å². The summed E-state index contributed by atoms with van der Waals surface area (Å²) in [6, 6.07) is -1.01. The maximum atomic E-state index is 12.8. The van der Waals surface area contributed by atoms with E-state index in [1.165, 1.54) is 4.90 Å². The molecule has 0 aliphatic carbocycles. The lowest BCUT2D eigenvalue weighted by Gasteiger charge is -2.18. The molecule has 1 unspecified atom stereocenters. The molecule has 0 aromatic rings. The van der Waals surface area contributed by atoms with Gasteiger partial charge < -0.3 is 10.4 Å². The van der Waals surface area contributed by atoms with Gasteiger partial charge in [0, 0.05) is 19.5 Å². The van der Waals surface area contributed by atoms with E-state index in [-0.39, 0.29) is 32.5 Å². The molecule has 2 N–H and O–H groups in total. The van der Waals surface area contributed by atoms with Crippen molar-refractivity contribution in [1.82, 2.24) is 10.2 Å². The monoisotopic (exact) mass is 236 g/mol. The van der Waals surface area contributed by atoms with Gasteiger partial charge in [0.05, 0.1) is 6.54 Å². The van der Waals surface area contributed by atoms with E-state index < -0.39 is 17.9 Å². The van der Waals surface area contributed by atoms with Crippen LogP contribution >= 0.6 is 0 Å². The second kappa shape index (κ2) is 5.20. The summed E-state index contributed by atoms with van der Waals surface area (Å²) in [5.74, 6) is -3.82. The molecule has 0 radical (unpaired) electrons. The number of nitrogens with zero attached hydrogens (tertiary/aromatic N) is 1. The average molecular weight is 236 g/mol. The minimum absolute atomic E-state index is 0.129. The van der Waals surface area contributed by atoms with E-state index in [0.29, 0.717) is 6.41 Å². The first-order valence-electron chi connectivity index (χ1n) is 4.97. The number of hydrogen-bond acceptors (Lipinski definition) is 3. The lowest BCUT2D eigenvalue weighted by atomic mass is 10.2. The second-order valence-corrected chi connectivity index (χ2v) is 3.85. The number of alkyl halides is 2. The summed E-state index contributed by atoms with van der Waals surface area (Å²) in [6.45, 7) is 0.175. The van der Waals surface area contributed by atoms with Crippen LogP contribution in [-0.4, -0.2) is 54.0 Å². The first kappa shape index (κ1) is 12.8. The number of halogens is 2. The number of hydrogen-bond donors (Lipinski definition) is 2. The number of carboxylic acid groups (broad SMARTS) is 1. The molecule has 0 aromatic carbocycles. The third-order valence-corrected chi connectivity index (χ3v) is 2.55. The molecule has 92 valence electrons. The van der Waals surface area contributed by atoms with E-state index in [9.17, 15) is 18.4 Å². The van der Waals surface area contributed by atoms with Gasteiger partial charge in [0.15, 0.2) is 0 Å². The molecule has 0 aromatic heterocycles. The minimum atomic E-state index is -2.67. The standard InChI is InChI=1S/C9H14F2N2O3/c10-9(11)2-4-13(5-9)3-1-7(8(15)16)12-6-14/h6-7H,1-5H2,(H,12,14)(H,15,16). The fraction of sp³-hybridized carbons (Fsp3) is 0.778. The SMILES string of the molecule is O=CNC(CCN1CCC(F)(F)C1)C(=O)O. The number of aliphatic carboxylic acids is 1. The summed E-state index contributed by atoms with van der Waals surface area (Å²) < 4.78 is 25.6. The fourth-order valence-corrected chi connectivity index (χ4v) is 1.67. The third-order valence-electron chi connectivity index (χ3n) is 2.55. The van der Waals surface area contributed by atoms with Crippen LogP contribution in [0.3, 0.4) is 0 Å². The van der Waals surface area contributed by atoms with Gasteiger partial charge in [-0.1, -0.05) is 0 Å². The number of carbonyl (C=O) groups excluding carboxylic acids is 1. The van der Waals surface area contributed by atoms with Crippen LogP contribution < -0.4 is 5.32 Å². The molecule has 7 heteroatoms. The van der Waals surface area contributed by atoms with Crippen LogP contribution in [0.1, 0.15) is 12.8 Å². The van der Waals surface area contributed by atoms with Crippen molar-refractivity contribution in [1.29, 1.82) is 0 Å². The second-order valence-electron chi connectivity index (χ2n) is 3.85. The number of amides is 1. The highest BCUT2D eigenvalue weighted by atomic mass is 19.3. The predicted molar refractivity (Wildman–Crippen MR) is 51.2 cm³/mol. The zero-order valence-electron chi connectivity index (χ0n) is 8.66. The van der Waals surface area contributed by atoms with Gasteiger partial charge in [0.25, 0.3) is 5.92 Å². The Balaban J connectivity index is 2.33. The Morgan fingerprint density at radius 3 is 2.75 bits per heavy atom. The van der Waals surface area contributed by atoms with Crippen LogP contribution in [0.25, 0.3) is 0 Å². The van der Waals surface area contributed by atoms with Crippen molar-refractivity contribution >= 4 is 12.4 Å². The fourth-order valence-electron chi connectivity index (χ4n) is 1.67. The summed E-state index contributed by atoms with van der Waals surface area (Å²) in [7, 11) is 0. The summed E-state index contributed by atoms with van der Waals surface area (Å²) in [6.07, 6.45) is 0.243. The van der Waals surface area contributed by atoms with E-state index in [2.05, 4.69) is 5.32 Å². The van der Waals surface area contributed by atoms with Crippen molar-refractivity contribution in [2.45, 2.75) is 24.8 Å². The van der Waals surface area contributed by atoms with Crippen molar-refractivity contribution in [2.75, 3.05) is 19.6 Å². The quantitative estimate of drug-likeness (QED) is 0.633. The van der Waals surface area contributed by atoms with Crippen LogP contribution in [0, 0.1) is 0 Å². The van der Waals surface area contributed by atoms with Gasteiger partial charge >= 0.3 is 5.97 Å². The molecule has 1 heterocycles. The normalized spacial score (nSPS) is 21.6. The van der Waals surface area contributed by atoms with Crippen LogP contribution in [0.2, 0.25) is 0 Å². The number of carbonyl (C=O) groups is 2. The highest BCUT2D eigenvalue weighted by Crippen LogP contribution is 2.26. The Bertz CT molecular complexity index is 273. The molecule has 1 saturated heterocycles. The molecule has 1 aliphatic rings. The maximum Gasteiger partial charge on any atom is 0.326 e.